The van der Waals surface area contributed by atoms with Crippen LogP contribution in [0.1, 0.15) is 11.4 Å². The van der Waals surface area contributed by atoms with Crippen molar-refractivity contribution in [1.29, 1.82) is 0 Å². The molecule has 0 spiro atoms. The fraction of sp³-hybridized carbons (Fsp3) is 0.118. The standard InChI is InChI=1S/C17H14N4OS2/c1-12-3-2-4-14(9-12)21-7-6-18-17(21)24-11-15-19-16(22-20-15)13-5-8-23-10-13/h2-10H,11H2,1H3. The molecule has 7 heteroatoms. The van der Waals surface area contributed by atoms with Crippen molar-refractivity contribution in [2.24, 2.45) is 0 Å². The Morgan fingerprint density at radius 1 is 1.29 bits per heavy atom. The number of aryl methyl sites for hydroxylation is 1. The summed E-state index contributed by atoms with van der Waals surface area (Å²) in [7, 11) is 0. The minimum atomic E-state index is 0.564. The second-order valence-electron chi connectivity index (χ2n) is 5.24. The molecule has 0 aliphatic carbocycles. The zero-order chi connectivity index (χ0) is 16.4. The van der Waals surface area contributed by atoms with Gasteiger partial charge in [-0.3, -0.25) is 4.57 Å². The lowest BCUT2D eigenvalue weighted by Gasteiger charge is -2.07. The van der Waals surface area contributed by atoms with Crippen molar-refractivity contribution in [1.82, 2.24) is 19.7 Å². The molecule has 4 aromatic rings. The quantitative estimate of drug-likeness (QED) is 0.491. The summed E-state index contributed by atoms with van der Waals surface area (Å²) in [5.41, 5.74) is 3.28. The Hall–Kier alpha value is -2.38. The molecule has 120 valence electrons. The second kappa shape index (κ2) is 6.62. The maximum Gasteiger partial charge on any atom is 0.258 e. The fourth-order valence-corrected chi connectivity index (χ4v) is 3.76. The molecule has 0 aliphatic heterocycles. The van der Waals surface area contributed by atoms with Crippen LogP contribution in [0.5, 0.6) is 0 Å². The highest BCUT2D eigenvalue weighted by Gasteiger charge is 2.12. The monoisotopic (exact) mass is 354 g/mol. The Balaban J connectivity index is 1.50. The van der Waals surface area contributed by atoms with E-state index in [1.54, 1.807) is 29.3 Å². The minimum absolute atomic E-state index is 0.564. The van der Waals surface area contributed by atoms with Crippen molar-refractivity contribution in [2.45, 2.75) is 17.8 Å². The van der Waals surface area contributed by atoms with Gasteiger partial charge in [0.25, 0.3) is 5.89 Å². The molecular formula is C17H14N4OS2. The number of nitrogens with zero attached hydrogens (tertiary/aromatic N) is 4. The Kier molecular flexibility index (Phi) is 4.18. The van der Waals surface area contributed by atoms with E-state index in [2.05, 4.69) is 44.8 Å². The van der Waals surface area contributed by atoms with Crippen molar-refractivity contribution in [3.05, 3.63) is 64.9 Å². The number of aromatic nitrogens is 4. The number of hydrogen-bond donors (Lipinski definition) is 0. The van der Waals surface area contributed by atoms with Crippen LogP contribution in [0.15, 0.2) is 63.2 Å². The summed E-state index contributed by atoms with van der Waals surface area (Å²) in [6.45, 7) is 2.08. The van der Waals surface area contributed by atoms with Gasteiger partial charge in [-0.25, -0.2) is 4.98 Å². The van der Waals surface area contributed by atoms with Gasteiger partial charge in [0, 0.05) is 23.5 Å². The topological polar surface area (TPSA) is 56.7 Å². The Labute approximate surface area is 147 Å². The second-order valence-corrected chi connectivity index (χ2v) is 6.96. The normalized spacial score (nSPS) is 11.0. The Bertz CT molecular complexity index is 943. The highest BCUT2D eigenvalue weighted by Crippen LogP contribution is 2.25. The first kappa shape index (κ1) is 15.2. The summed E-state index contributed by atoms with van der Waals surface area (Å²) in [6.07, 6.45) is 3.77. The molecule has 3 aromatic heterocycles. The molecule has 5 nitrogen and oxygen atoms in total. The average Bonchev–Trinajstić information content (AvgIpc) is 3.33. The van der Waals surface area contributed by atoms with Crippen LogP contribution in [0, 0.1) is 6.92 Å². The van der Waals surface area contributed by atoms with Gasteiger partial charge in [-0.2, -0.15) is 16.3 Å². The zero-order valence-corrected chi connectivity index (χ0v) is 14.5. The van der Waals surface area contributed by atoms with E-state index in [4.69, 9.17) is 4.52 Å². The van der Waals surface area contributed by atoms with Gasteiger partial charge in [0.1, 0.15) is 0 Å². The number of thioether (sulfide) groups is 1. The third kappa shape index (κ3) is 3.13. The summed E-state index contributed by atoms with van der Waals surface area (Å²) < 4.78 is 7.38. The first-order valence-electron chi connectivity index (χ1n) is 7.38. The molecular weight excluding hydrogens is 340 g/mol. The lowest BCUT2D eigenvalue weighted by Crippen LogP contribution is -1.96. The summed E-state index contributed by atoms with van der Waals surface area (Å²) in [5.74, 6) is 1.84. The van der Waals surface area contributed by atoms with E-state index < -0.39 is 0 Å². The van der Waals surface area contributed by atoms with Crippen LogP contribution in [0.2, 0.25) is 0 Å². The predicted molar refractivity (Wildman–Crippen MR) is 95.5 cm³/mol. The molecule has 3 heterocycles. The molecule has 0 N–H and O–H groups in total. The van der Waals surface area contributed by atoms with Crippen LogP contribution >= 0.6 is 23.1 Å². The van der Waals surface area contributed by atoms with E-state index in [-0.39, 0.29) is 0 Å². The average molecular weight is 354 g/mol. The molecule has 4 rings (SSSR count). The molecule has 24 heavy (non-hydrogen) atoms. The molecule has 0 bridgehead atoms. The van der Waals surface area contributed by atoms with E-state index in [9.17, 15) is 0 Å². The van der Waals surface area contributed by atoms with E-state index in [1.165, 1.54) is 5.56 Å². The first-order chi connectivity index (χ1) is 11.8. The van der Waals surface area contributed by atoms with Gasteiger partial charge in [-0.1, -0.05) is 29.1 Å². The molecule has 0 saturated heterocycles. The van der Waals surface area contributed by atoms with Crippen molar-refractivity contribution < 1.29 is 4.52 Å². The van der Waals surface area contributed by atoms with Gasteiger partial charge < -0.3 is 4.52 Å². The molecule has 0 aliphatic rings. The zero-order valence-electron chi connectivity index (χ0n) is 12.9. The van der Waals surface area contributed by atoms with Crippen molar-refractivity contribution in [3.8, 4) is 17.1 Å². The number of imidazole rings is 1. The van der Waals surface area contributed by atoms with Crippen molar-refractivity contribution >= 4 is 23.1 Å². The lowest BCUT2D eigenvalue weighted by molar-refractivity contribution is 0.425. The van der Waals surface area contributed by atoms with E-state index in [1.807, 2.05) is 29.1 Å². The predicted octanol–water partition coefficient (Wildman–Crippen LogP) is 4.58. The number of thiophene rings is 1. The van der Waals surface area contributed by atoms with Gasteiger partial charge in [-0.15, -0.1) is 0 Å². The third-order valence-corrected chi connectivity index (χ3v) is 5.10. The summed E-state index contributed by atoms with van der Waals surface area (Å²) in [4.78, 5) is 8.88. The SMILES string of the molecule is Cc1cccc(-n2ccnc2SCc2noc(-c3ccsc3)n2)c1. The molecule has 0 amide bonds. The smallest absolute Gasteiger partial charge is 0.258 e. The lowest BCUT2D eigenvalue weighted by atomic mass is 10.2. The molecule has 0 atom stereocenters. The summed E-state index contributed by atoms with van der Waals surface area (Å²) in [6, 6.07) is 10.3. The van der Waals surface area contributed by atoms with Gasteiger partial charge in [0.05, 0.1) is 11.3 Å². The van der Waals surface area contributed by atoms with E-state index in [0.29, 0.717) is 17.5 Å². The van der Waals surface area contributed by atoms with Crippen molar-refractivity contribution in [3.63, 3.8) is 0 Å². The van der Waals surface area contributed by atoms with Gasteiger partial charge >= 0.3 is 0 Å². The van der Waals surface area contributed by atoms with Crippen LogP contribution in [-0.2, 0) is 5.75 Å². The van der Waals surface area contributed by atoms with E-state index in [0.717, 1.165) is 16.4 Å². The van der Waals surface area contributed by atoms with Crippen LogP contribution in [0.4, 0.5) is 0 Å². The number of hydrogen-bond acceptors (Lipinski definition) is 6. The van der Waals surface area contributed by atoms with E-state index >= 15 is 0 Å². The molecule has 1 aromatic carbocycles. The Morgan fingerprint density at radius 2 is 2.25 bits per heavy atom. The van der Waals surface area contributed by atoms with Crippen molar-refractivity contribution in [2.75, 3.05) is 0 Å². The number of rotatable bonds is 5. The first-order valence-corrected chi connectivity index (χ1v) is 9.31. The molecule has 0 radical (unpaired) electrons. The highest BCUT2D eigenvalue weighted by molar-refractivity contribution is 7.98. The van der Waals surface area contributed by atoms with Gasteiger partial charge in [0.15, 0.2) is 11.0 Å². The maximum absolute atomic E-state index is 5.31. The molecule has 0 saturated carbocycles. The highest BCUT2D eigenvalue weighted by atomic mass is 32.2. The van der Waals surface area contributed by atoms with Gasteiger partial charge in [0.2, 0.25) is 0 Å². The maximum atomic E-state index is 5.31. The van der Waals surface area contributed by atoms with Crippen LogP contribution in [-0.4, -0.2) is 19.7 Å². The van der Waals surface area contributed by atoms with Crippen LogP contribution < -0.4 is 0 Å². The van der Waals surface area contributed by atoms with Crippen LogP contribution in [0.25, 0.3) is 17.1 Å². The van der Waals surface area contributed by atoms with Crippen LogP contribution in [0.3, 0.4) is 0 Å². The fourth-order valence-electron chi connectivity index (χ4n) is 2.32. The molecule has 0 fully saturated rings. The number of benzene rings is 1. The molecule has 0 unspecified atom stereocenters. The largest absolute Gasteiger partial charge is 0.334 e. The minimum Gasteiger partial charge on any atom is -0.334 e. The summed E-state index contributed by atoms with van der Waals surface area (Å²) >= 11 is 3.20. The Morgan fingerprint density at radius 3 is 3.08 bits per heavy atom. The third-order valence-electron chi connectivity index (χ3n) is 3.45. The summed E-state index contributed by atoms with van der Waals surface area (Å²) in [5, 5.41) is 8.94. The van der Waals surface area contributed by atoms with Gasteiger partial charge in [-0.05, 0) is 36.1 Å².